The van der Waals surface area contributed by atoms with E-state index in [-0.39, 0.29) is 19.4 Å². The molecule has 0 spiro atoms. The molecule has 296 valence electrons. The van der Waals surface area contributed by atoms with Gasteiger partial charge in [0.05, 0.1) is 11.8 Å². The van der Waals surface area contributed by atoms with Crippen LogP contribution in [0, 0.1) is 5.92 Å². The van der Waals surface area contributed by atoms with Gasteiger partial charge in [0.2, 0.25) is 27.7 Å². The number of carbonyl (C=O) groups excluding carboxylic acids is 4. The average Bonchev–Trinajstić information content (AvgIpc) is 4.05. The first kappa shape index (κ1) is 37.7. The highest BCUT2D eigenvalue weighted by Gasteiger charge is 2.62. The molecule has 0 unspecified atom stereocenters. The van der Waals surface area contributed by atoms with Crippen molar-refractivity contribution < 1.29 is 41.5 Å². The molecule has 56 heavy (non-hydrogen) atoms. The van der Waals surface area contributed by atoms with Crippen LogP contribution in [0.3, 0.4) is 0 Å². The van der Waals surface area contributed by atoms with E-state index in [0.717, 1.165) is 23.6 Å². The van der Waals surface area contributed by atoms with Crippen molar-refractivity contribution in [1.82, 2.24) is 25.2 Å². The molecule has 4 aliphatic rings. The van der Waals surface area contributed by atoms with Crippen LogP contribution < -0.4 is 20.1 Å². The lowest BCUT2D eigenvalue weighted by Gasteiger charge is -2.30. The molecule has 8 rings (SSSR count). The third-order valence-electron chi connectivity index (χ3n) is 11.0. The van der Waals surface area contributed by atoms with Crippen molar-refractivity contribution in [1.29, 1.82) is 0 Å². The van der Waals surface area contributed by atoms with E-state index in [9.17, 15) is 27.6 Å². The van der Waals surface area contributed by atoms with Crippen LogP contribution in [-0.4, -0.2) is 83.2 Å². The highest BCUT2D eigenvalue weighted by molar-refractivity contribution is 7.91. The summed E-state index contributed by atoms with van der Waals surface area (Å²) >= 11 is 0. The van der Waals surface area contributed by atoms with Crippen molar-refractivity contribution >= 4 is 66.7 Å². The van der Waals surface area contributed by atoms with Gasteiger partial charge in [-0.15, -0.1) is 0 Å². The maximum atomic E-state index is 14.6. The predicted molar refractivity (Wildman–Crippen MR) is 208 cm³/mol. The first-order chi connectivity index (χ1) is 26.7. The van der Waals surface area contributed by atoms with Gasteiger partial charge < -0.3 is 29.4 Å². The van der Waals surface area contributed by atoms with Gasteiger partial charge in [-0.2, -0.15) is 0 Å². The van der Waals surface area contributed by atoms with Gasteiger partial charge in [0.25, 0.3) is 5.91 Å². The fourth-order valence-corrected chi connectivity index (χ4v) is 9.26. The molecule has 2 aliphatic carbocycles. The molecule has 15 heteroatoms. The van der Waals surface area contributed by atoms with Crippen molar-refractivity contribution in [2.45, 2.75) is 113 Å². The van der Waals surface area contributed by atoms with Crippen molar-refractivity contribution in [3.63, 3.8) is 0 Å². The second-order valence-corrected chi connectivity index (χ2v) is 18.4. The van der Waals surface area contributed by atoms with Gasteiger partial charge in [-0.1, -0.05) is 55.3 Å². The zero-order chi connectivity index (χ0) is 39.4. The second kappa shape index (κ2) is 14.4. The summed E-state index contributed by atoms with van der Waals surface area (Å²) < 4.78 is 46.4. The third-order valence-corrected chi connectivity index (χ3v) is 12.8. The normalized spacial score (nSPS) is 26.7. The lowest BCUT2D eigenvalue weighted by Crippen LogP contribution is -2.58. The van der Waals surface area contributed by atoms with Gasteiger partial charge in [-0.3, -0.25) is 19.1 Å². The third kappa shape index (κ3) is 7.52. The number of nitrogens with zero attached hydrogens (tertiary/aromatic N) is 2. The number of amides is 4. The summed E-state index contributed by atoms with van der Waals surface area (Å²) in [6, 6.07) is 13.0. The number of pyridine rings is 1. The monoisotopic (exact) mass is 785 g/mol. The number of fused-ring (bicyclic) bond motifs is 7. The van der Waals surface area contributed by atoms with Crippen LogP contribution in [0.15, 0.2) is 65.1 Å². The Morgan fingerprint density at radius 1 is 0.982 bits per heavy atom. The summed E-state index contributed by atoms with van der Waals surface area (Å²) in [6.07, 6.45) is 6.69. The highest BCUT2D eigenvalue weighted by atomic mass is 32.2. The van der Waals surface area contributed by atoms with Crippen molar-refractivity contribution in [2.24, 2.45) is 5.92 Å². The molecular weight excluding hydrogens is 739 g/mol. The molecule has 2 aromatic heterocycles. The van der Waals surface area contributed by atoms with Gasteiger partial charge in [-0.25, -0.2) is 18.2 Å². The number of furan rings is 1. The number of alkyl carbamates (subject to hydrolysis) is 1. The lowest BCUT2D eigenvalue weighted by molar-refractivity contribution is -0.141. The maximum absolute atomic E-state index is 14.6. The van der Waals surface area contributed by atoms with Crippen LogP contribution in [0.5, 0.6) is 5.88 Å². The van der Waals surface area contributed by atoms with E-state index in [4.69, 9.17) is 18.9 Å². The Hall–Kier alpha value is -5.18. The number of benzene rings is 2. The molecule has 3 N–H and O–H groups in total. The summed E-state index contributed by atoms with van der Waals surface area (Å²) in [5.41, 5.74) is -0.429. The molecule has 4 amide bonds. The van der Waals surface area contributed by atoms with E-state index in [1.54, 1.807) is 20.8 Å². The number of rotatable bonds is 6. The lowest BCUT2D eigenvalue weighted by atomic mass is 10.0. The molecular formula is C41H47N5O9S. The average molecular weight is 786 g/mol. The van der Waals surface area contributed by atoms with E-state index in [0.29, 0.717) is 60.1 Å². The number of para-hydroxylation sites is 1. The Labute approximate surface area is 324 Å². The Bertz CT molecular complexity index is 2360. The fourth-order valence-electron chi connectivity index (χ4n) is 7.90. The number of nitrogens with one attached hydrogen (secondary N) is 3. The number of hydrogen-bond donors (Lipinski definition) is 3. The van der Waals surface area contributed by atoms with Crippen LogP contribution in [0.25, 0.3) is 32.8 Å². The molecule has 4 heterocycles. The summed E-state index contributed by atoms with van der Waals surface area (Å²) in [7, 11) is -3.90. The van der Waals surface area contributed by atoms with Crippen LogP contribution in [0.2, 0.25) is 0 Å². The van der Waals surface area contributed by atoms with Gasteiger partial charge in [-0.05, 0) is 77.5 Å². The molecule has 3 fully saturated rings. The van der Waals surface area contributed by atoms with Crippen molar-refractivity contribution in [2.75, 3.05) is 6.54 Å². The first-order valence-corrected chi connectivity index (χ1v) is 21.0. The molecule has 0 radical (unpaired) electrons. The molecule has 0 bridgehead atoms. The summed E-state index contributed by atoms with van der Waals surface area (Å²) in [5.74, 6) is -2.04. The zero-order valence-corrected chi connectivity index (χ0v) is 32.5. The minimum absolute atomic E-state index is 0.0256. The summed E-state index contributed by atoms with van der Waals surface area (Å²) in [5, 5.41) is 7.30. The van der Waals surface area contributed by atoms with Crippen molar-refractivity contribution in [3.8, 4) is 5.88 Å². The van der Waals surface area contributed by atoms with Gasteiger partial charge in [0.15, 0.2) is 5.58 Å². The van der Waals surface area contributed by atoms with Crippen molar-refractivity contribution in [3.05, 3.63) is 60.7 Å². The number of carbonyl (C=O) groups is 4. The van der Waals surface area contributed by atoms with Crippen LogP contribution in [0.1, 0.15) is 78.6 Å². The number of sulfonamides is 1. The van der Waals surface area contributed by atoms with E-state index in [1.165, 1.54) is 4.90 Å². The Balaban J connectivity index is 1.14. The molecule has 2 aliphatic heterocycles. The fraction of sp³-hybridized carbons (Fsp3) is 0.488. The number of aromatic nitrogens is 1. The molecule has 2 aromatic carbocycles. The SMILES string of the molecule is CC(C)(C)OC(=O)N[C@H]1CCCCC/C=C\[C@@H]2C[C@@]2(C(=O)NS(=O)(=O)C2CC2)NC(=O)[C@@H]2C[C@@H](Oc3nc4c5ccccc5oc4c4ccccc34)CN2C1=O. The van der Waals surface area contributed by atoms with E-state index in [1.807, 2.05) is 60.7 Å². The van der Waals surface area contributed by atoms with E-state index < -0.39 is 74.3 Å². The van der Waals surface area contributed by atoms with Gasteiger partial charge in [0, 0.05) is 28.5 Å². The Morgan fingerprint density at radius 3 is 2.46 bits per heavy atom. The number of allylic oxidation sites excluding steroid dienone is 1. The maximum Gasteiger partial charge on any atom is 0.408 e. The standard InChI is InChI=1S/C41H47N5O9S/c1-40(2,3)55-39(50)42-30-17-8-6-4-5-7-13-24-22-41(24,38(49)45-56(51,52)26-19-20-26)44-35(47)31-21-25(23-46(31)37(30)48)53-36-28-15-10-9-14-27(28)34-33(43-36)29-16-11-12-18-32(29)54-34/h7,9-16,18,24-26,30-31H,4-6,8,17,19-23H2,1-3H3,(H,42,50)(H,44,47)(H,45,49)/b13-7-/t24-,25-,30+,31+,41-/m1/s1. The minimum Gasteiger partial charge on any atom is -0.472 e. The smallest absolute Gasteiger partial charge is 0.408 e. The summed E-state index contributed by atoms with van der Waals surface area (Å²) in [4.78, 5) is 62.3. The quantitative estimate of drug-likeness (QED) is 0.215. The molecule has 5 atom stereocenters. The van der Waals surface area contributed by atoms with E-state index in [2.05, 4.69) is 15.4 Å². The first-order valence-electron chi connectivity index (χ1n) is 19.4. The van der Waals surface area contributed by atoms with Crippen LogP contribution in [0.4, 0.5) is 4.79 Å². The van der Waals surface area contributed by atoms with Gasteiger partial charge in [0.1, 0.15) is 40.4 Å². The topological polar surface area (TPSA) is 186 Å². The molecule has 2 saturated carbocycles. The number of ether oxygens (including phenoxy) is 2. The second-order valence-electron chi connectivity index (χ2n) is 16.4. The highest BCUT2D eigenvalue weighted by Crippen LogP contribution is 2.46. The molecule has 1 saturated heterocycles. The largest absolute Gasteiger partial charge is 0.472 e. The van der Waals surface area contributed by atoms with Crippen LogP contribution >= 0.6 is 0 Å². The number of hydrogen-bond acceptors (Lipinski definition) is 10. The van der Waals surface area contributed by atoms with Gasteiger partial charge >= 0.3 is 6.09 Å². The zero-order valence-electron chi connectivity index (χ0n) is 31.7. The molecule has 4 aromatic rings. The van der Waals surface area contributed by atoms with E-state index >= 15 is 0 Å². The Kier molecular flexibility index (Phi) is 9.70. The predicted octanol–water partition coefficient (Wildman–Crippen LogP) is 5.38. The van der Waals surface area contributed by atoms with Crippen LogP contribution in [-0.2, 0) is 29.1 Å². The Morgan fingerprint density at radius 2 is 1.71 bits per heavy atom. The summed E-state index contributed by atoms with van der Waals surface area (Å²) in [6.45, 7) is 5.17. The minimum atomic E-state index is -3.90. The molecule has 14 nitrogen and oxygen atoms in total.